The predicted octanol–water partition coefficient (Wildman–Crippen LogP) is 7.92. The van der Waals surface area contributed by atoms with Gasteiger partial charge >= 0.3 is 0 Å². The quantitative estimate of drug-likeness (QED) is 0.184. The Balaban J connectivity index is 1.32. The lowest BCUT2D eigenvalue weighted by atomic mass is 9.44. The molecule has 1 aliphatic heterocycles. The van der Waals surface area contributed by atoms with Crippen molar-refractivity contribution in [2.45, 2.75) is 123 Å². The van der Waals surface area contributed by atoms with Gasteiger partial charge in [0.2, 0.25) is 0 Å². The molecule has 1 unspecified atom stereocenters. The van der Waals surface area contributed by atoms with Gasteiger partial charge in [-0.25, -0.2) is 0 Å². The van der Waals surface area contributed by atoms with Crippen LogP contribution in [0.5, 0.6) is 0 Å². The van der Waals surface area contributed by atoms with Gasteiger partial charge in [0.25, 0.3) is 0 Å². The Labute approximate surface area is 189 Å². The number of epoxide rings is 1. The zero-order valence-corrected chi connectivity index (χ0v) is 20.6. The van der Waals surface area contributed by atoms with Crippen LogP contribution in [0.2, 0.25) is 0 Å². The van der Waals surface area contributed by atoms with Crippen LogP contribution in [0.15, 0.2) is 5.11 Å². The third-order valence-electron chi connectivity index (χ3n) is 11.5. The van der Waals surface area contributed by atoms with Gasteiger partial charge in [-0.15, -0.1) is 0 Å². The molecule has 4 aliphatic carbocycles. The number of nitrogens with zero attached hydrogens (tertiary/aromatic N) is 3. The standard InChI is InChI=1S/C27H45N3O/c1-17(2)7-6-8-18(3)21-9-10-22-20-15-24-27(31-24)16-19(29-30-28)11-14-26(27,5)23(20)12-13-25(21,22)4/h17-24H,6-16H2,1-5H3/t18-,19+,20+,21-,22+,23+,24+,25-,26-,27?/m1/s1. The van der Waals surface area contributed by atoms with Gasteiger partial charge in [0.1, 0.15) is 5.60 Å². The van der Waals surface area contributed by atoms with Crippen molar-refractivity contribution in [3.8, 4) is 0 Å². The first-order chi connectivity index (χ1) is 14.7. The highest BCUT2D eigenvalue weighted by Crippen LogP contribution is 2.74. The van der Waals surface area contributed by atoms with Crippen LogP contribution in [0.25, 0.3) is 10.4 Å². The number of fused-ring (bicyclic) bond motifs is 4. The van der Waals surface area contributed by atoms with Gasteiger partial charge in [0.05, 0.1) is 6.10 Å². The highest BCUT2D eigenvalue weighted by molar-refractivity contribution is 5.24. The van der Waals surface area contributed by atoms with E-state index in [1.807, 2.05) is 0 Å². The zero-order chi connectivity index (χ0) is 22.0. The first-order valence-corrected chi connectivity index (χ1v) is 13.5. The lowest BCUT2D eigenvalue weighted by Gasteiger charge is -2.59. The summed E-state index contributed by atoms with van der Waals surface area (Å²) in [5.74, 6) is 5.20. The summed E-state index contributed by atoms with van der Waals surface area (Å²) in [6.07, 6.45) is 14.9. The Morgan fingerprint density at radius 2 is 1.84 bits per heavy atom. The van der Waals surface area contributed by atoms with Crippen LogP contribution < -0.4 is 0 Å². The molecule has 0 aromatic carbocycles. The minimum atomic E-state index is 0.0289. The molecule has 4 saturated carbocycles. The lowest BCUT2D eigenvalue weighted by Crippen LogP contribution is -2.58. The third kappa shape index (κ3) is 3.22. The average molecular weight is 428 g/mol. The normalized spacial score (nSPS) is 51.2. The Bertz CT molecular complexity index is 747. The van der Waals surface area contributed by atoms with E-state index < -0.39 is 0 Å². The molecule has 0 N–H and O–H groups in total. The van der Waals surface area contributed by atoms with Crippen molar-refractivity contribution in [1.29, 1.82) is 0 Å². The van der Waals surface area contributed by atoms with Crippen molar-refractivity contribution >= 4 is 0 Å². The Morgan fingerprint density at radius 3 is 2.58 bits per heavy atom. The molecule has 4 heteroatoms. The van der Waals surface area contributed by atoms with Gasteiger partial charge in [0, 0.05) is 16.4 Å². The molecule has 0 bridgehead atoms. The predicted molar refractivity (Wildman–Crippen MR) is 126 cm³/mol. The number of azide groups is 1. The van der Waals surface area contributed by atoms with E-state index in [2.05, 4.69) is 44.6 Å². The van der Waals surface area contributed by atoms with E-state index in [0.717, 1.165) is 48.3 Å². The van der Waals surface area contributed by atoms with Crippen molar-refractivity contribution in [3.63, 3.8) is 0 Å². The van der Waals surface area contributed by atoms with Gasteiger partial charge in [-0.3, -0.25) is 0 Å². The van der Waals surface area contributed by atoms with Gasteiger partial charge in [-0.1, -0.05) is 59.0 Å². The summed E-state index contributed by atoms with van der Waals surface area (Å²) in [4.78, 5) is 3.13. The molecule has 31 heavy (non-hydrogen) atoms. The van der Waals surface area contributed by atoms with E-state index in [4.69, 9.17) is 10.3 Å². The molecule has 0 aromatic heterocycles. The molecule has 0 radical (unpaired) electrons. The topological polar surface area (TPSA) is 61.3 Å². The Kier molecular flexibility index (Phi) is 5.45. The molecule has 10 atom stereocenters. The number of hydrogen-bond acceptors (Lipinski definition) is 2. The number of hydrogen-bond donors (Lipinski definition) is 0. The summed E-state index contributed by atoms with van der Waals surface area (Å²) < 4.78 is 6.59. The van der Waals surface area contributed by atoms with Crippen LogP contribution in [-0.4, -0.2) is 17.7 Å². The van der Waals surface area contributed by atoms with Gasteiger partial charge < -0.3 is 4.74 Å². The molecule has 1 saturated heterocycles. The van der Waals surface area contributed by atoms with Gasteiger partial charge in [0.15, 0.2) is 0 Å². The molecule has 174 valence electrons. The fraction of sp³-hybridized carbons (Fsp3) is 1.00. The summed E-state index contributed by atoms with van der Waals surface area (Å²) in [5, 5.41) is 4.11. The summed E-state index contributed by atoms with van der Waals surface area (Å²) in [7, 11) is 0. The molecule has 5 rings (SSSR count). The van der Waals surface area contributed by atoms with E-state index >= 15 is 0 Å². The maximum Gasteiger partial charge on any atom is 0.101 e. The van der Waals surface area contributed by atoms with Crippen molar-refractivity contribution in [2.75, 3.05) is 0 Å². The van der Waals surface area contributed by atoms with Crippen LogP contribution in [0.1, 0.15) is 105 Å². The maximum absolute atomic E-state index is 8.96. The Morgan fingerprint density at radius 1 is 1.03 bits per heavy atom. The molecular formula is C27H45N3O. The molecule has 1 heterocycles. The molecular weight excluding hydrogens is 382 g/mol. The molecule has 0 amide bonds. The smallest absolute Gasteiger partial charge is 0.101 e. The first-order valence-electron chi connectivity index (χ1n) is 13.5. The summed E-state index contributed by atoms with van der Waals surface area (Å²) in [6.45, 7) is 12.5. The zero-order valence-electron chi connectivity index (χ0n) is 20.6. The second kappa shape index (κ2) is 7.66. The van der Waals surface area contributed by atoms with Crippen LogP contribution in [-0.2, 0) is 4.74 Å². The minimum Gasteiger partial charge on any atom is -0.365 e. The van der Waals surface area contributed by atoms with Crippen LogP contribution in [0.3, 0.4) is 0 Å². The van der Waals surface area contributed by atoms with Crippen LogP contribution in [0, 0.1) is 46.3 Å². The monoisotopic (exact) mass is 427 g/mol. The van der Waals surface area contributed by atoms with E-state index in [0.29, 0.717) is 16.9 Å². The van der Waals surface area contributed by atoms with Crippen LogP contribution in [0.4, 0.5) is 0 Å². The summed E-state index contributed by atoms with van der Waals surface area (Å²) in [5.41, 5.74) is 9.84. The van der Waals surface area contributed by atoms with E-state index in [-0.39, 0.29) is 11.6 Å². The summed E-state index contributed by atoms with van der Waals surface area (Å²) >= 11 is 0. The van der Waals surface area contributed by atoms with Crippen molar-refractivity contribution < 1.29 is 4.74 Å². The fourth-order valence-corrected chi connectivity index (χ4v) is 9.85. The fourth-order valence-electron chi connectivity index (χ4n) is 9.85. The number of rotatable bonds is 6. The van der Waals surface area contributed by atoms with Gasteiger partial charge in [-0.05, 0) is 97.8 Å². The highest BCUT2D eigenvalue weighted by atomic mass is 16.6. The average Bonchev–Trinajstić information content (AvgIpc) is 3.29. The second-order valence-electron chi connectivity index (χ2n) is 13.2. The minimum absolute atomic E-state index is 0.0289. The van der Waals surface area contributed by atoms with Crippen molar-refractivity contribution in [2.24, 2.45) is 51.5 Å². The maximum atomic E-state index is 8.96. The van der Waals surface area contributed by atoms with E-state index in [1.165, 1.54) is 57.8 Å². The molecule has 4 nitrogen and oxygen atoms in total. The Hall–Kier alpha value is -0.730. The van der Waals surface area contributed by atoms with Crippen molar-refractivity contribution in [3.05, 3.63) is 10.4 Å². The van der Waals surface area contributed by atoms with E-state index in [9.17, 15) is 0 Å². The third-order valence-corrected chi connectivity index (χ3v) is 11.5. The first kappa shape index (κ1) is 22.1. The second-order valence-corrected chi connectivity index (χ2v) is 13.2. The number of ether oxygens (including phenoxy) is 1. The van der Waals surface area contributed by atoms with E-state index in [1.54, 1.807) is 0 Å². The summed E-state index contributed by atoms with van der Waals surface area (Å²) in [6, 6.07) is 0.149. The SMILES string of the molecule is CC(C)CCC[C@@H](C)[C@H]1CC[C@H]2[C@@H]3C[C@@H]4OC45C[C@@H](N=[N+]=[N-])CC[C@]5(C)[C@H]3CC[C@]12C. The largest absolute Gasteiger partial charge is 0.365 e. The lowest BCUT2D eigenvalue weighted by molar-refractivity contribution is -0.102. The molecule has 0 aromatic rings. The van der Waals surface area contributed by atoms with Crippen LogP contribution >= 0.6 is 0 Å². The molecule has 5 aliphatic rings. The van der Waals surface area contributed by atoms with Crippen molar-refractivity contribution in [1.82, 2.24) is 0 Å². The molecule has 5 fully saturated rings. The van der Waals surface area contributed by atoms with Gasteiger partial charge in [-0.2, -0.15) is 0 Å². The molecule has 1 spiro atoms. The highest BCUT2D eigenvalue weighted by Gasteiger charge is 2.76.